The Kier molecular flexibility index (Phi) is 7.97. The number of aromatic nitrogens is 2. The molecule has 2 aliphatic rings. The normalized spacial score (nSPS) is 15.9. The predicted molar refractivity (Wildman–Crippen MR) is 175 cm³/mol. The molecule has 1 fully saturated rings. The molecule has 12 heteroatoms. The van der Waals surface area contributed by atoms with Gasteiger partial charge in [0.1, 0.15) is 18.2 Å². The van der Waals surface area contributed by atoms with Gasteiger partial charge in [0.2, 0.25) is 17.7 Å². The van der Waals surface area contributed by atoms with E-state index in [1.807, 2.05) is 65.2 Å². The Hall–Kier alpha value is -6.17. The molecule has 1 atom stereocenters. The summed E-state index contributed by atoms with van der Waals surface area (Å²) in [5.41, 5.74) is 3.95. The molecule has 6 amide bonds. The van der Waals surface area contributed by atoms with Gasteiger partial charge in [0.15, 0.2) is 0 Å². The summed E-state index contributed by atoms with van der Waals surface area (Å²) in [6, 6.07) is 22.6. The van der Waals surface area contributed by atoms with Gasteiger partial charge in [0.25, 0.3) is 17.7 Å². The third-order valence-corrected chi connectivity index (χ3v) is 8.74. The molecule has 0 saturated carbocycles. The summed E-state index contributed by atoms with van der Waals surface area (Å²) < 4.78 is 1.93. The second kappa shape index (κ2) is 12.6. The lowest BCUT2D eigenvalue weighted by Crippen LogP contribution is -2.54. The van der Waals surface area contributed by atoms with Gasteiger partial charge < -0.3 is 15.2 Å². The Labute approximate surface area is 274 Å². The molecule has 48 heavy (non-hydrogen) atoms. The summed E-state index contributed by atoms with van der Waals surface area (Å²) in [5, 5.41) is 10.1. The number of rotatable bonds is 9. The highest BCUT2D eigenvalue weighted by Crippen LogP contribution is 2.29. The number of carbonyl (C=O) groups excluding carboxylic acids is 6. The molecular weight excluding hydrogens is 612 g/mol. The van der Waals surface area contributed by atoms with Crippen LogP contribution in [-0.2, 0) is 33.9 Å². The minimum absolute atomic E-state index is 0.0254. The van der Waals surface area contributed by atoms with Crippen LogP contribution in [0, 0.1) is 0 Å². The van der Waals surface area contributed by atoms with Crippen molar-refractivity contribution in [2.45, 2.75) is 38.4 Å². The van der Waals surface area contributed by atoms with Crippen molar-refractivity contribution in [2.24, 2.45) is 0 Å². The monoisotopic (exact) mass is 642 g/mol. The first kappa shape index (κ1) is 30.5. The molecule has 0 bridgehead atoms. The fourth-order valence-corrected chi connectivity index (χ4v) is 6.30. The molecule has 1 saturated heterocycles. The molecule has 240 valence electrons. The Morgan fingerprint density at radius 3 is 2.40 bits per heavy atom. The average Bonchev–Trinajstić information content (AvgIpc) is 3.54. The molecular formula is C36H30N6O6. The number of pyridine rings is 1. The number of para-hydroxylation sites is 1. The smallest absolute Gasteiger partial charge is 0.262 e. The summed E-state index contributed by atoms with van der Waals surface area (Å²) in [4.78, 5) is 81.0. The number of nitrogens with zero attached hydrogens (tertiary/aromatic N) is 3. The van der Waals surface area contributed by atoms with Gasteiger partial charge in [-0.05, 0) is 60.4 Å². The third kappa shape index (κ3) is 5.68. The highest BCUT2D eigenvalue weighted by molar-refractivity contribution is 6.24. The van der Waals surface area contributed by atoms with Gasteiger partial charge in [-0.2, -0.15) is 0 Å². The average molecular weight is 643 g/mol. The van der Waals surface area contributed by atoms with E-state index in [4.69, 9.17) is 0 Å². The highest BCUT2D eigenvalue weighted by Gasteiger charge is 2.44. The quantitative estimate of drug-likeness (QED) is 0.209. The Balaban J connectivity index is 0.912. The van der Waals surface area contributed by atoms with Crippen LogP contribution in [0.15, 0.2) is 85.1 Å². The number of nitrogens with one attached hydrogen (secondary N) is 3. The van der Waals surface area contributed by atoms with Gasteiger partial charge in [0.05, 0.1) is 16.6 Å². The number of amides is 6. The van der Waals surface area contributed by atoms with Gasteiger partial charge in [0, 0.05) is 42.0 Å². The molecule has 2 aliphatic heterocycles. The van der Waals surface area contributed by atoms with Crippen LogP contribution >= 0.6 is 0 Å². The number of piperidine rings is 1. The molecule has 4 heterocycles. The first-order chi connectivity index (χ1) is 23.3. The highest BCUT2D eigenvalue weighted by atomic mass is 16.2. The molecule has 0 spiro atoms. The van der Waals surface area contributed by atoms with E-state index in [1.165, 1.54) is 18.2 Å². The SMILES string of the molecule is O=C(Cn1c2ccccc2c2cccnc21)NCCc1ccc(CNC(=O)c2ccc3c(c2)C(=O)N(C2CCC(=O)NC2=O)C3=O)cc1. The molecule has 0 aliphatic carbocycles. The second-order valence-electron chi connectivity index (χ2n) is 11.8. The molecule has 0 radical (unpaired) electrons. The van der Waals surface area contributed by atoms with Crippen molar-refractivity contribution in [1.29, 1.82) is 0 Å². The minimum atomic E-state index is -1.07. The zero-order valence-electron chi connectivity index (χ0n) is 25.7. The van der Waals surface area contributed by atoms with Crippen molar-refractivity contribution >= 4 is 57.4 Å². The van der Waals surface area contributed by atoms with E-state index < -0.39 is 35.6 Å². The third-order valence-electron chi connectivity index (χ3n) is 8.74. The molecule has 5 aromatic rings. The Morgan fingerprint density at radius 2 is 1.58 bits per heavy atom. The maximum atomic E-state index is 13.1. The maximum Gasteiger partial charge on any atom is 0.262 e. The van der Waals surface area contributed by atoms with Crippen molar-refractivity contribution in [3.8, 4) is 0 Å². The van der Waals surface area contributed by atoms with Gasteiger partial charge in [-0.15, -0.1) is 0 Å². The van der Waals surface area contributed by atoms with Crippen LogP contribution < -0.4 is 16.0 Å². The molecule has 3 aromatic carbocycles. The van der Waals surface area contributed by atoms with Gasteiger partial charge >= 0.3 is 0 Å². The van der Waals surface area contributed by atoms with E-state index in [2.05, 4.69) is 20.9 Å². The van der Waals surface area contributed by atoms with Gasteiger partial charge in [-0.3, -0.25) is 39.0 Å². The number of imide groups is 2. The van der Waals surface area contributed by atoms with E-state index in [0.717, 1.165) is 38.0 Å². The summed E-state index contributed by atoms with van der Waals surface area (Å²) in [6.45, 7) is 0.849. The van der Waals surface area contributed by atoms with Gasteiger partial charge in [-0.25, -0.2) is 4.98 Å². The summed E-state index contributed by atoms with van der Waals surface area (Å²) in [6.07, 6.45) is 2.43. The zero-order chi connectivity index (χ0) is 33.4. The molecule has 12 nitrogen and oxygen atoms in total. The lowest BCUT2D eigenvalue weighted by atomic mass is 10.0. The Morgan fingerprint density at radius 1 is 0.833 bits per heavy atom. The summed E-state index contributed by atoms with van der Waals surface area (Å²) in [7, 11) is 0. The maximum absolute atomic E-state index is 13.1. The van der Waals surface area contributed by atoms with E-state index in [9.17, 15) is 28.8 Å². The van der Waals surface area contributed by atoms with Crippen LogP contribution in [0.4, 0.5) is 0 Å². The lowest BCUT2D eigenvalue weighted by Gasteiger charge is -2.27. The molecule has 3 N–H and O–H groups in total. The van der Waals surface area contributed by atoms with E-state index in [0.29, 0.717) is 13.0 Å². The Bertz CT molecular complexity index is 2100. The number of benzene rings is 3. The zero-order valence-corrected chi connectivity index (χ0v) is 25.7. The number of hydrogen-bond acceptors (Lipinski definition) is 7. The molecule has 2 aromatic heterocycles. The van der Waals surface area contributed by atoms with Crippen LogP contribution in [0.25, 0.3) is 21.9 Å². The van der Waals surface area contributed by atoms with E-state index in [1.54, 1.807) is 6.20 Å². The van der Waals surface area contributed by atoms with Crippen LogP contribution in [0.3, 0.4) is 0 Å². The summed E-state index contributed by atoms with van der Waals surface area (Å²) >= 11 is 0. The standard InChI is InChI=1S/C36H30N6O6/c43-30-14-13-29(34(46)40-30)42-35(47)26-12-11-23(18-27(26)36(42)48)33(45)39-19-22-9-7-21(8-10-22)15-17-37-31(44)20-41-28-6-2-1-4-24(28)25-5-3-16-38-32(25)41/h1-12,16,18,29H,13-15,17,19-20H2,(H,37,44)(H,39,45)(H,40,43,46). The molecule has 1 unspecified atom stereocenters. The number of hydrogen-bond donors (Lipinski definition) is 3. The molecule has 7 rings (SSSR count). The van der Waals surface area contributed by atoms with Crippen molar-refractivity contribution in [1.82, 2.24) is 30.4 Å². The van der Waals surface area contributed by atoms with Crippen LogP contribution in [-0.4, -0.2) is 62.5 Å². The predicted octanol–water partition coefficient (Wildman–Crippen LogP) is 2.88. The summed E-state index contributed by atoms with van der Waals surface area (Å²) in [5.74, 6) is -2.98. The lowest BCUT2D eigenvalue weighted by molar-refractivity contribution is -0.136. The van der Waals surface area contributed by atoms with Crippen LogP contribution in [0.1, 0.15) is 55.0 Å². The largest absolute Gasteiger partial charge is 0.354 e. The van der Waals surface area contributed by atoms with Crippen LogP contribution in [0.5, 0.6) is 0 Å². The van der Waals surface area contributed by atoms with Crippen molar-refractivity contribution in [3.05, 3.63) is 113 Å². The van der Waals surface area contributed by atoms with Crippen LogP contribution in [0.2, 0.25) is 0 Å². The number of fused-ring (bicyclic) bond motifs is 4. The topological polar surface area (TPSA) is 160 Å². The van der Waals surface area contributed by atoms with E-state index >= 15 is 0 Å². The first-order valence-electron chi connectivity index (χ1n) is 15.6. The first-order valence-corrected chi connectivity index (χ1v) is 15.6. The fourth-order valence-electron chi connectivity index (χ4n) is 6.30. The van der Waals surface area contributed by atoms with Crippen molar-refractivity contribution in [2.75, 3.05) is 6.54 Å². The van der Waals surface area contributed by atoms with Crippen molar-refractivity contribution < 1.29 is 28.8 Å². The number of carbonyl (C=O) groups is 6. The fraction of sp³-hybridized carbons (Fsp3) is 0.194. The second-order valence-corrected chi connectivity index (χ2v) is 11.8. The van der Waals surface area contributed by atoms with E-state index in [-0.39, 0.29) is 48.5 Å². The minimum Gasteiger partial charge on any atom is -0.354 e. The van der Waals surface area contributed by atoms with Gasteiger partial charge in [-0.1, -0.05) is 42.5 Å². The van der Waals surface area contributed by atoms with Crippen molar-refractivity contribution in [3.63, 3.8) is 0 Å².